The lowest BCUT2D eigenvalue weighted by molar-refractivity contribution is 0.214. The van der Waals surface area contributed by atoms with Crippen molar-refractivity contribution >= 4 is 0 Å². The van der Waals surface area contributed by atoms with Crippen LogP contribution in [0, 0.1) is 0 Å². The van der Waals surface area contributed by atoms with Gasteiger partial charge in [0.25, 0.3) is 0 Å². The van der Waals surface area contributed by atoms with Crippen molar-refractivity contribution in [3.05, 3.63) is 30.2 Å². The number of likely N-dealkylation sites (N-methyl/N-ethyl adjacent to an activating group) is 1. The fraction of sp³-hybridized carbons (Fsp3) is 0.550. The maximum atomic E-state index is 5.74. The van der Waals surface area contributed by atoms with Crippen LogP contribution in [-0.2, 0) is 0 Å². The summed E-state index contributed by atoms with van der Waals surface area (Å²) < 4.78 is 11.4. The SMILES string of the molecule is CCOc1ccc(-c2cnc([C@H]3CCCN(CC)C3)[nH]2)cc1OCC. The Morgan fingerprint density at radius 1 is 1.16 bits per heavy atom. The van der Waals surface area contributed by atoms with Crippen molar-refractivity contribution in [2.75, 3.05) is 32.8 Å². The molecular formula is C20H29N3O2. The van der Waals surface area contributed by atoms with Gasteiger partial charge in [0, 0.05) is 18.0 Å². The summed E-state index contributed by atoms with van der Waals surface area (Å²) in [6.07, 6.45) is 4.38. The van der Waals surface area contributed by atoms with Crippen LogP contribution in [-0.4, -0.2) is 47.7 Å². The molecule has 1 aromatic carbocycles. The topological polar surface area (TPSA) is 50.4 Å². The van der Waals surface area contributed by atoms with E-state index in [2.05, 4.69) is 27.9 Å². The normalized spacial score (nSPS) is 18.3. The van der Waals surface area contributed by atoms with E-state index in [1.54, 1.807) is 0 Å². The van der Waals surface area contributed by atoms with E-state index in [4.69, 9.17) is 9.47 Å². The van der Waals surface area contributed by atoms with E-state index in [1.165, 1.54) is 19.4 Å². The highest BCUT2D eigenvalue weighted by molar-refractivity contribution is 5.63. The molecule has 3 rings (SSSR count). The minimum atomic E-state index is 0.497. The molecular weight excluding hydrogens is 314 g/mol. The van der Waals surface area contributed by atoms with E-state index in [-0.39, 0.29) is 0 Å². The highest BCUT2D eigenvalue weighted by atomic mass is 16.5. The summed E-state index contributed by atoms with van der Waals surface area (Å²) in [6, 6.07) is 6.07. The summed E-state index contributed by atoms with van der Waals surface area (Å²) in [5.74, 6) is 3.17. The monoisotopic (exact) mass is 343 g/mol. The molecule has 0 bridgehead atoms. The van der Waals surface area contributed by atoms with Gasteiger partial charge in [-0.05, 0) is 58.0 Å². The molecule has 1 aliphatic rings. The van der Waals surface area contributed by atoms with Crippen LogP contribution in [0.1, 0.15) is 45.4 Å². The molecule has 0 amide bonds. The maximum absolute atomic E-state index is 5.74. The quantitative estimate of drug-likeness (QED) is 0.823. The summed E-state index contributed by atoms with van der Waals surface area (Å²) in [5.41, 5.74) is 2.11. The third-order valence-corrected chi connectivity index (χ3v) is 4.79. The minimum absolute atomic E-state index is 0.497. The molecule has 1 N–H and O–H groups in total. The predicted octanol–water partition coefficient (Wildman–Crippen LogP) is 4.07. The van der Waals surface area contributed by atoms with Gasteiger partial charge < -0.3 is 19.4 Å². The van der Waals surface area contributed by atoms with Crippen LogP contribution in [0.25, 0.3) is 11.3 Å². The standard InChI is InChI=1S/C20H29N3O2/c1-4-23-11-7-8-16(14-23)20-21-13-17(22-20)15-9-10-18(24-5-2)19(12-15)25-6-3/h9-10,12-13,16H,4-8,11,14H2,1-3H3,(H,21,22)/t16-/m0/s1. The van der Waals surface area contributed by atoms with Crippen molar-refractivity contribution in [3.63, 3.8) is 0 Å². The molecule has 0 spiro atoms. The smallest absolute Gasteiger partial charge is 0.161 e. The number of likely N-dealkylation sites (tertiary alicyclic amines) is 1. The number of aromatic nitrogens is 2. The molecule has 1 atom stereocenters. The van der Waals surface area contributed by atoms with Gasteiger partial charge >= 0.3 is 0 Å². The average Bonchev–Trinajstić information content (AvgIpc) is 3.14. The molecule has 136 valence electrons. The van der Waals surface area contributed by atoms with Crippen molar-refractivity contribution in [3.8, 4) is 22.8 Å². The zero-order valence-corrected chi connectivity index (χ0v) is 15.5. The molecule has 1 fully saturated rings. The first-order valence-electron chi connectivity index (χ1n) is 9.42. The van der Waals surface area contributed by atoms with Crippen molar-refractivity contribution in [2.24, 2.45) is 0 Å². The molecule has 0 saturated carbocycles. The first-order valence-corrected chi connectivity index (χ1v) is 9.42. The molecule has 1 aromatic heterocycles. The van der Waals surface area contributed by atoms with Gasteiger partial charge in [-0.15, -0.1) is 0 Å². The summed E-state index contributed by atoms with van der Waals surface area (Å²) in [4.78, 5) is 10.7. The molecule has 0 aliphatic carbocycles. The van der Waals surface area contributed by atoms with E-state index in [9.17, 15) is 0 Å². The Kier molecular flexibility index (Phi) is 5.97. The van der Waals surface area contributed by atoms with Crippen LogP contribution >= 0.6 is 0 Å². The number of H-pyrrole nitrogens is 1. The summed E-state index contributed by atoms with van der Waals surface area (Å²) >= 11 is 0. The molecule has 0 radical (unpaired) electrons. The van der Waals surface area contributed by atoms with Gasteiger partial charge in [-0.25, -0.2) is 4.98 Å². The van der Waals surface area contributed by atoms with E-state index >= 15 is 0 Å². The Labute approximate surface area is 150 Å². The number of hydrogen-bond acceptors (Lipinski definition) is 4. The number of hydrogen-bond donors (Lipinski definition) is 1. The zero-order valence-electron chi connectivity index (χ0n) is 15.5. The fourth-order valence-corrected chi connectivity index (χ4v) is 3.48. The first kappa shape index (κ1) is 17.8. The molecule has 1 aliphatic heterocycles. The predicted molar refractivity (Wildman–Crippen MR) is 100 cm³/mol. The second-order valence-corrected chi connectivity index (χ2v) is 6.44. The highest BCUT2D eigenvalue weighted by Gasteiger charge is 2.22. The fourth-order valence-electron chi connectivity index (χ4n) is 3.48. The molecule has 25 heavy (non-hydrogen) atoms. The number of nitrogens with zero attached hydrogens (tertiary/aromatic N) is 2. The molecule has 0 unspecified atom stereocenters. The molecule has 5 nitrogen and oxygen atoms in total. The third kappa shape index (κ3) is 4.15. The van der Waals surface area contributed by atoms with Gasteiger partial charge in [0.1, 0.15) is 5.82 Å². The lowest BCUT2D eigenvalue weighted by Crippen LogP contribution is -2.34. The first-order chi connectivity index (χ1) is 12.2. The molecule has 2 aromatic rings. The lowest BCUT2D eigenvalue weighted by atomic mass is 9.97. The Bertz CT molecular complexity index is 683. The van der Waals surface area contributed by atoms with Gasteiger partial charge in [-0.3, -0.25) is 0 Å². The number of aromatic amines is 1. The number of imidazole rings is 1. The largest absolute Gasteiger partial charge is 0.490 e. The number of ether oxygens (including phenoxy) is 2. The lowest BCUT2D eigenvalue weighted by Gasteiger charge is -2.30. The summed E-state index contributed by atoms with van der Waals surface area (Å²) in [6.45, 7) is 10.9. The van der Waals surface area contributed by atoms with Crippen molar-refractivity contribution < 1.29 is 9.47 Å². The Hall–Kier alpha value is -2.01. The van der Waals surface area contributed by atoms with E-state index < -0.39 is 0 Å². The number of benzene rings is 1. The van der Waals surface area contributed by atoms with Crippen molar-refractivity contribution in [1.82, 2.24) is 14.9 Å². The number of nitrogens with one attached hydrogen (secondary N) is 1. The van der Waals surface area contributed by atoms with Crippen LogP contribution in [0.15, 0.2) is 24.4 Å². The van der Waals surface area contributed by atoms with Crippen LogP contribution in [0.4, 0.5) is 0 Å². The van der Waals surface area contributed by atoms with Crippen LogP contribution in [0.5, 0.6) is 11.5 Å². The number of rotatable bonds is 7. The second-order valence-electron chi connectivity index (χ2n) is 6.44. The van der Waals surface area contributed by atoms with E-state index in [0.29, 0.717) is 19.1 Å². The minimum Gasteiger partial charge on any atom is -0.490 e. The Morgan fingerprint density at radius 3 is 2.72 bits per heavy atom. The Morgan fingerprint density at radius 2 is 1.96 bits per heavy atom. The second kappa shape index (κ2) is 8.39. The van der Waals surface area contributed by atoms with Gasteiger partial charge in [0.2, 0.25) is 0 Å². The van der Waals surface area contributed by atoms with Crippen LogP contribution in [0.2, 0.25) is 0 Å². The molecule has 1 saturated heterocycles. The number of piperidine rings is 1. The van der Waals surface area contributed by atoms with Crippen LogP contribution in [0.3, 0.4) is 0 Å². The Balaban J connectivity index is 1.80. The van der Waals surface area contributed by atoms with Gasteiger partial charge in [0.05, 0.1) is 25.1 Å². The zero-order chi connectivity index (χ0) is 17.6. The summed E-state index contributed by atoms with van der Waals surface area (Å²) in [7, 11) is 0. The van der Waals surface area contributed by atoms with E-state index in [0.717, 1.165) is 41.7 Å². The molecule has 2 heterocycles. The van der Waals surface area contributed by atoms with Gasteiger partial charge in [-0.1, -0.05) is 6.92 Å². The average molecular weight is 343 g/mol. The van der Waals surface area contributed by atoms with Crippen LogP contribution < -0.4 is 9.47 Å². The van der Waals surface area contributed by atoms with Crippen molar-refractivity contribution in [2.45, 2.75) is 39.5 Å². The summed E-state index contributed by atoms with van der Waals surface area (Å²) in [5, 5.41) is 0. The third-order valence-electron chi connectivity index (χ3n) is 4.79. The van der Waals surface area contributed by atoms with E-state index in [1.807, 2.05) is 32.2 Å². The van der Waals surface area contributed by atoms with Gasteiger partial charge in [0.15, 0.2) is 11.5 Å². The molecule has 5 heteroatoms. The highest BCUT2D eigenvalue weighted by Crippen LogP contribution is 2.33. The van der Waals surface area contributed by atoms with Crippen molar-refractivity contribution in [1.29, 1.82) is 0 Å². The van der Waals surface area contributed by atoms with Gasteiger partial charge in [-0.2, -0.15) is 0 Å². The maximum Gasteiger partial charge on any atom is 0.161 e.